The predicted molar refractivity (Wildman–Crippen MR) is 106 cm³/mol. The number of rotatable bonds is 7. The average Bonchev–Trinajstić information content (AvgIpc) is 2.73. The van der Waals surface area contributed by atoms with Crippen LogP contribution in [0.2, 0.25) is 0 Å². The van der Waals surface area contributed by atoms with Crippen LogP contribution in [-0.2, 0) is 4.79 Å². The van der Waals surface area contributed by atoms with Gasteiger partial charge in [0.1, 0.15) is 11.6 Å². The zero-order valence-electron chi connectivity index (χ0n) is 16.1. The molecule has 1 amide bonds. The molecule has 0 aromatic heterocycles. The van der Waals surface area contributed by atoms with E-state index in [1.54, 1.807) is 41.3 Å². The molecule has 2 aromatic carbocycles. The first-order chi connectivity index (χ1) is 13.6. The number of anilines is 1. The third-order valence-corrected chi connectivity index (χ3v) is 4.88. The summed E-state index contributed by atoms with van der Waals surface area (Å²) in [5, 5.41) is 0. The maximum atomic E-state index is 13.0. The fourth-order valence-electron chi connectivity index (χ4n) is 3.29. The Bertz CT molecular complexity index is 798. The van der Waals surface area contributed by atoms with Crippen LogP contribution >= 0.6 is 0 Å². The SMILES string of the molecule is CCOc1ccc(C(=O)CCC(=O)N2CCN(c3ccc(F)cc3)CC2)cc1. The van der Waals surface area contributed by atoms with Gasteiger partial charge in [0.05, 0.1) is 6.61 Å². The van der Waals surface area contributed by atoms with E-state index in [0.29, 0.717) is 38.3 Å². The van der Waals surface area contributed by atoms with Gasteiger partial charge in [-0.3, -0.25) is 9.59 Å². The maximum Gasteiger partial charge on any atom is 0.223 e. The van der Waals surface area contributed by atoms with Crippen LogP contribution < -0.4 is 9.64 Å². The largest absolute Gasteiger partial charge is 0.494 e. The van der Waals surface area contributed by atoms with Crippen molar-refractivity contribution in [2.75, 3.05) is 37.7 Å². The average molecular weight is 384 g/mol. The second kappa shape index (κ2) is 9.35. The molecule has 2 aromatic rings. The van der Waals surface area contributed by atoms with Crippen LogP contribution in [0, 0.1) is 5.82 Å². The molecule has 1 fully saturated rings. The minimum atomic E-state index is -0.255. The lowest BCUT2D eigenvalue weighted by molar-refractivity contribution is -0.131. The van der Waals surface area contributed by atoms with E-state index in [-0.39, 0.29) is 30.3 Å². The van der Waals surface area contributed by atoms with Crippen molar-refractivity contribution >= 4 is 17.4 Å². The highest BCUT2D eigenvalue weighted by Gasteiger charge is 2.22. The Hall–Kier alpha value is -2.89. The zero-order valence-corrected chi connectivity index (χ0v) is 16.1. The number of hydrogen-bond donors (Lipinski definition) is 0. The van der Waals surface area contributed by atoms with Crippen LogP contribution in [-0.4, -0.2) is 49.4 Å². The summed E-state index contributed by atoms with van der Waals surface area (Å²) in [6.45, 7) is 5.09. The number of ketones is 1. The summed E-state index contributed by atoms with van der Waals surface area (Å²) in [6.07, 6.45) is 0.410. The molecule has 3 rings (SSSR count). The van der Waals surface area contributed by atoms with Crippen LogP contribution in [0.3, 0.4) is 0 Å². The zero-order chi connectivity index (χ0) is 19.9. The number of carbonyl (C=O) groups is 2. The number of ether oxygens (including phenoxy) is 1. The number of benzene rings is 2. The molecule has 0 saturated carbocycles. The maximum absolute atomic E-state index is 13.0. The molecule has 5 nitrogen and oxygen atoms in total. The second-order valence-electron chi connectivity index (χ2n) is 6.72. The van der Waals surface area contributed by atoms with Crippen molar-refractivity contribution in [1.82, 2.24) is 4.90 Å². The van der Waals surface area contributed by atoms with E-state index in [4.69, 9.17) is 4.74 Å². The van der Waals surface area contributed by atoms with Gasteiger partial charge in [-0.1, -0.05) is 0 Å². The number of amides is 1. The van der Waals surface area contributed by atoms with Crippen LogP contribution in [0.25, 0.3) is 0 Å². The number of hydrogen-bond acceptors (Lipinski definition) is 4. The van der Waals surface area contributed by atoms with Gasteiger partial charge in [0.2, 0.25) is 5.91 Å². The van der Waals surface area contributed by atoms with Gasteiger partial charge in [-0.05, 0) is 55.5 Å². The summed E-state index contributed by atoms with van der Waals surface area (Å²) < 4.78 is 18.4. The third kappa shape index (κ3) is 5.09. The number of nitrogens with zero attached hydrogens (tertiary/aromatic N) is 2. The van der Waals surface area contributed by atoms with E-state index in [9.17, 15) is 14.0 Å². The smallest absolute Gasteiger partial charge is 0.223 e. The van der Waals surface area contributed by atoms with E-state index in [2.05, 4.69) is 4.90 Å². The molecule has 0 bridgehead atoms. The second-order valence-corrected chi connectivity index (χ2v) is 6.72. The number of carbonyl (C=O) groups excluding carboxylic acids is 2. The number of Topliss-reactive ketones (excluding diaryl/α,β-unsaturated/α-hetero) is 1. The molecule has 0 N–H and O–H groups in total. The molecule has 1 heterocycles. The van der Waals surface area contributed by atoms with Crippen molar-refractivity contribution in [3.63, 3.8) is 0 Å². The molecule has 28 heavy (non-hydrogen) atoms. The molecule has 1 aliphatic rings. The lowest BCUT2D eigenvalue weighted by Crippen LogP contribution is -2.48. The van der Waals surface area contributed by atoms with Gasteiger partial charge in [0, 0.05) is 50.3 Å². The normalized spacial score (nSPS) is 14.1. The molecule has 0 radical (unpaired) electrons. The lowest BCUT2D eigenvalue weighted by Gasteiger charge is -2.36. The van der Waals surface area contributed by atoms with Crippen molar-refractivity contribution in [3.05, 3.63) is 59.9 Å². The highest BCUT2D eigenvalue weighted by Crippen LogP contribution is 2.18. The third-order valence-electron chi connectivity index (χ3n) is 4.88. The van der Waals surface area contributed by atoms with Crippen molar-refractivity contribution in [2.24, 2.45) is 0 Å². The van der Waals surface area contributed by atoms with E-state index in [0.717, 1.165) is 11.4 Å². The standard InChI is InChI=1S/C22H25FN2O3/c1-2-28-20-9-3-17(4-10-20)21(26)11-12-22(27)25-15-13-24(14-16-25)19-7-5-18(23)6-8-19/h3-10H,2,11-16H2,1H3. The molecule has 0 aliphatic carbocycles. The Morgan fingerprint density at radius 3 is 2.18 bits per heavy atom. The predicted octanol–water partition coefficient (Wildman–Crippen LogP) is 3.54. The van der Waals surface area contributed by atoms with Crippen LogP contribution in [0.1, 0.15) is 30.1 Å². The highest BCUT2D eigenvalue weighted by atomic mass is 19.1. The molecule has 0 spiro atoms. The lowest BCUT2D eigenvalue weighted by atomic mass is 10.1. The van der Waals surface area contributed by atoms with Crippen molar-refractivity contribution in [3.8, 4) is 5.75 Å². The molecule has 6 heteroatoms. The van der Waals surface area contributed by atoms with E-state index in [1.165, 1.54) is 12.1 Å². The van der Waals surface area contributed by atoms with Gasteiger partial charge in [-0.2, -0.15) is 0 Å². The Balaban J connectivity index is 1.45. The molecular weight excluding hydrogens is 359 g/mol. The fraction of sp³-hybridized carbons (Fsp3) is 0.364. The summed E-state index contributed by atoms with van der Waals surface area (Å²) in [5.41, 5.74) is 1.55. The van der Waals surface area contributed by atoms with E-state index in [1.807, 2.05) is 6.92 Å². The summed E-state index contributed by atoms with van der Waals surface area (Å²) in [5.74, 6) is 0.434. The number of piperazine rings is 1. The quantitative estimate of drug-likeness (QED) is 0.685. The van der Waals surface area contributed by atoms with Crippen molar-refractivity contribution < 1.29 is 18.7 Å². The highest BCUT2D eigenvalue weighted by molar-refractivity contribution is 5.98. The van der Waals surface area contributed by atoms with Gasteiger partial charge in [-0.25, -0.2) is 4.39 Å². The van der Waals surface area contributed by atoms with Gasteiger partial charge in [0.25, 0.3) is 0 Å². The van der Waals surface area contributed by atoms with E-state index < -0.39 is 0 Å². The Labute approximate surface area is 164 Å². The topological polar surface area (TPSA) is 49.9 Å². The summed E-state index contributed by atoms with van der Waals surface area (Å²) in [4.78, 5) is 28.7. The molecule has 148 valence electrons. The van der Waals surface area contributed by atoms with Crippen LogP contribution in [0.15, 0.2) is 48.5 Å². The Morgan fingerprint density at radius 2 is 1.57 bits per heavy atom. The van der Waals surface area contributed by atoms with Crippen molar-refractivity contribution in [1.29, 1.82) is 0 Å². The first-order valence-electron chi connectivity index (χ1n) is 9.61. The summed E-state index contributed by atoms with van der Waals surface area (Å²) >= 11 is 0. The van der Waals surface area contributed by atoms with Gasteiger partial charge in [-0.15, -0.1) is 0 Å². The number of halogens is 1. The van der Waals surface area contributed by atoms with Crippen LogP contribution in [0.5, 0.6) is 5.75 Å². The molecule has 0 atom stereocenters. The van der Waals surface area contributed by atoms with Crippen LogP contribution in [0.4, 0.5) is 10.1 Å². The first-order valence-corrected chi connectivity index (χ1v) is 9.61. The first kappa shape index (κ1) is 19.9. The molecule has 0 unspecified atom stereocenters. The summed E-state index contributed by atoms with van der Waals surface area (Å²) in [7, 11) is 0. The minimum absolute atomic E-state index is 0.00181. The fourth-order valence-corrected chi connectivity index (χ4v) is 3.29. The molecule has 1 saturated heterocycles. The Kier molecular flexibility index (Phi) is 6.63. The molecular formula is C22H25FN2O3. The Morgan fingerprint density at radius 1 is 0.929 bits per heavy atom. The minimum Gasteiger partial charge on any atom is -0.494 e. The van der Waals surface area contributed by atoms with Crippen molar-refractivity contribution in [2.45, 2.75) is 19.8 Å². The van der Waals surface area contributed by atoms with Gasteiger partial charge in [0.15, 0.2) is 5.78 Å². The monoisotopic (exact) mass is 384 g/mol. The molecule has 1 aliphatic heterocycles. The van der Waals surface area contributed by atoms with Gasteiger partial charge < -0.3 is 14.5 Å². The van der Waals surface area contributed by atoms with Gasteiger partial charge >= 0.3 is 0 Å². The summed E-state index contributed by atoms with van der Waals surface area (Å²) in [6, 6.07) is 13.4. The van der Waals surface area contributed by atoms with E-state index >= 15 is 0 Å².